The van der Waals surface area contributed by atoms with Crippen LogP contribution in [-0.2, 0) is 0 Å². The van der Waals surface area contributed by atoms with E-state index in [1.165, 1.54) is 12.1 Å². The molecule has 0 aliphatic carbocycles. The molecule has 150 valence electrons. The maximum atomic E-state index is 13.2. The van der Waals surface area contributed by atoms with Gasteiger partial charge in [0, 0.05) is 44.6 Å². The Kier molecular flexibility index (Phi) is 5.76. The number of anilines is 4. The van der Waals surface area contributed by atoms with Crippen molar-refractivity contribution in [1.82, 2.24) is 25.3 Å². The van der Waals surface area contributed by atoms with Gasteiger partial charge in [-0.25, -0.2) is 9.37 Å². The predicted octanol–water partition coefficient (Wildman–Crippen LogP) is 2.73. The van der Waals surface area contributed by atoms with Gasteiger partial charge >= 0.3 is 0 Å². The van der Waals surface area contributed by atoms with Gasteiger partial charge in [0.2, 0.25) is 5.95 Å². The summed E-state index contributed by atoms with van der Waals surface area (Å²) in [7, 11) is 0. The Bertz CT molecular complexity index is 929. The second-order valence-electron chi connectivity index (χ2n) is 6.81. The van der Waals surface area contributed by atoms with Crippen molar-refractivity contribution >= 4 is 23.4 Å². The van der Waals surface area contributed by atoms with Gasteiger partial charge in [-0.05, 0) is 24.6 Å². The fraction of sp³-hybridized carbons (Fsp3) is 0.300. The summed E-state index contributed by atoms with van der Waals surface area (Å²) in [6, 6.07) is 8.24. The van der Waals surface area contributed by atoms with Crippen LogP contribution in [0.25, 0.3) is 0 Å². The van der Waals surface area contributed by atoms with E-state index < -0.39 is 0 Å². The van der Waals surface area contributed by atoms with Crippen LogP contribution in [0.5, 0.6) is 0 Å². The average molecular weight is 394 g/mol. The smallest absolute Gasteiger partial charge is 0.227 e. The van der Waals surface area contributed by atoms with E-state index in [4.69, 9.17) is 4.98 Å². The van der Waals surface area contributed by atoms with E-state index in [0.29, 0.717) is 17.6 Å². The monoisotopic (exact) mass is 394 g/mol. The van der Waals surface area contributed by atoms with Gasteiger partial charge in [-0.2, -0.15) is 9.97 Å². The summed E-state index contributed by atoms with van der Waals surface area (Å²) in [6.07, 6.45) is 4.88. The van der Waals surface area contributed by atoms with Gasteiger partial charge in [-0.1, -0.05) is 12.1 Å². The van der Waals surface area contributed by atoms with Crippen LogP contribution in [-0.4, -0.2) is 46.1 Å². The van der Waals surface area contributed by atoms with Crippen molar-refractivity contribution in [1.29, 1.82) is 0 Å². The van der Waals surface area contributed by atoms with Crippen LogP contribution in [0, 0.1) is 5.82 Å². The van der Waals surface area contributed by atoms with Crippen molar-refractivity contribution in [2.24, 2.45) is 0 Å². The van der Waals surface area contributed by atoms with E-state index in [0.717, 1.165) is 37.6 Å². The van der Waals surface area contributed by atoms with E-state index in [-0.39, 0.29) is 11.9 Å². The number of nitrogens with zero attached hydrogens (tertiary/aromatic N) is 5. The Morgan fingerprint density at radius 2 is 1.86 bits per heavy atom. The van der Waals surface area contributed by atoms with E-state index in [2.05, 4.69) is 35.8 Å². The predicted molar refractivity (Wildman–Crippen MR) is 111 cm³/mol. The third-order valence-electron chi connectivity index (χ3n) is 4.69. The minimum Gasteiger partial charge on any atom is -0.354 e. The molecule has 9 heteroatoms. The second-order valence-corrected chi connectivity index (χ2v) is 6.81. The van der Waals surface area contributed by atoms with Crippen LogP contribution in [0.4, 0.5) is 27.8 Å². The summed E-state index contributed by atoms with van der Waals surface area (Å²) in [5.74, 6) is 2.30. The number of halogens is 1. The molecule has 1 fully saturated rings. The van der Waals surface area contributed by atoms with E-state index >= 15 is 0 Å². The molecule has 3 N–H and O–H groups in total. The number of rotatable bonds is 6. The van der Waals surface area contributed by atoms with Crippen molar-refractivity contribution < 1.29 is 4.39 Å². The molecule has 3 aromatic rings. The lowest BCUT2D eigenvalue weighted by molar-refractivity contribution is 0.584. The van der Waals surface area contributed by atoms with Crippen LogP contribution >= 0.6 is 0 Å². The lowest BCUT2D eigenvalue weighted by Crippen LogP contribution is -2.44. The molecule has 1 saturated heterocycles. The molecule has 0 bridgehead atoms. The quantitative estimate of drug-likeness (QED) is 0.588. The number of piperazine rings is 1. The highest BCUT2D eigenvalue weighted by Gasteiger charge is 2.16. The third-order valence-corrected chi connectivity index (χ3v) is 4.69. The Morgan fingerprint density at radius 3 is 2.59 bits per heavy atom. The molecule has 3 heterocycles. The minimum atomic E-state index is -0.256. The Labute approximate surface area is 168 Å². The maximum absolute atomic E-state index is 13.2. The zero-order valence-electron chi connectivity index (χ0n) is 16.1. The third kappa shape index (κ3) is 4.94. The zero-order valence-corrected chi connectivity index (χ0v) is 16.1. The summed E-state index contributed by atoms with van der Waals surface area (Å²) in [5.41, 5.74) is 0.950. The molecule has 1 atom stereocenters. The molecule has 2 aromatic heterocycles. The first-order valence-electron chi connectivity index (χ1n) is 9.57. The van der Waals surface area contributed by atoms with E-state index in [9.17, 15) is 4.39 Å². The lowest BCUT2D eigenvalue weighted by atomic mass is 10.1. The molecule has 4 rings (SSSR count). The molecule has 8 nitrogen and oxygen atoms in total. The van der Waals surface area contributed by atoms with Crippen molar-refractivity contribution in [2.75, 3.05) is 41.7 Å². The van der Waals surface area contributed by atoms with Crippen LogP contribution < -0.4 is 20.9 Å². The Morgan fingerprint density at radius 1 is 1.07 bits per heavy atom. The average Bonchev–Trinajstić information content (AvgIpc) is 2.75. The first kappa shape index (κ1) is 19.0. The summed E-state index contributed by atoms with van der Waals surface area (Å²) in [6.45, 7) is 5.55. The molecule has 1 aromatic carbocycles. The van der Waals surface area contributed by atoms with Crippen LogP contribution in [0.3, 0.4) is 0 Å². The van der Waals surface area contributed by atoms with Gasteiger partial charge in [-0.15, -0.1) is 0 Å². The molecule has 0 amide bonds. The Hall–Kier alpha value is -3.33. The van der Waals surface area contributed by atoms with Crippen LogP contribution in [0.15, 0.2) is 48.9 Å². The molecule has 0 saturated carbocycles. The normalized spacial score (nSPS) is 15.0. The first-order valence-corrected chi connectivity index (χ1v) is 9.57. The molecular formula is C20H23FN8. The minimum absolute atomic E-state index is 0.0850. The van der Waals surface area contributed by atoms with Gasteiger partial charge < -0.3 is 20.9 Å². The second kappa shape index (κ2) is 8.78. The van der Waals surface area contributed by atoms with Crippen molar-refractivity contribution in [2.45, 2.75) is 13.0 Å². The summed E-state index contributed by atoms with van der Waals surface area (Å²) in [4.78, 5) is 19.8. The summed E-state index contributed by atoms with van der Waals surface area (Å²) >= 11 is 0. The molecule has 0 unspecified atom stereocenters. The van der Waals surface area contributed by atoms with E-state index in [1.54, 1.807) is 30.7 Å². The van der Waals surface area contributed by atoms with Gasteiger partial charge in [0.05, 0.1) is 12.2 Å². The van der Waals surface area contributed by atoms with Crippen molar-refractivity contribution in [3.8, 4) is 0 Å². The summed E-state index contributed by atoms with van der Waals surface area (Å²) < 4.78 is 13.2. The lowest BCUT2D eigenvalue weighted by Gasteiger charge is -2.29. The highest BCUT2D eigenvalue weighted by Crippen LogP contribution is 2.24. The molecule has 1 aliphatic heterocycles. The molecular weight excluding hydrogens is 371 g/mol. The standard InChI is InChI=1S/C20H23FN8/c1-14(15-2-4-16(21)5-3-15)25-20-27-17(26-18-13-23-6-7-24-18)12-19(28-20)29-10-8-22-9-11-29/h2-7,12-14,22H,8-11H2,1H3,(H2,24,25,26,27,28)/t14-/m0/s1. The molecule has 1 aliphatic rings. The topological polar surface area (TPSA) is 90.9 Å². The largest absolute Gasteiger partial charge is 0.354 e. The zero-order chi connectivity index (χ0) is 20.1. The fourth-order valence-electron chi connectivity index (χ4n) is 3.14. The fourth-order valence-corrected chi connectivity index (χ4v) is 3.14. The number of aromatic nitrogens is 4. The van der Waals surface area contributed by atoms with Crippen molar-refractivity contribution in [3.63, 3.8) is 0 Å². The maximum Gasteiger partial charge on any atom is 0.227 e. The summed E-state index contributed by atoms with van der Waals surface area (Å²) in [5, 5.41) is 9.85. The van der Waals surface area contributed by atoms with Gasteiger partial charge in [-0.3, -0.25) is 4.98 Å². The number of hydrogen-bond acceptors (Lipinski definition) is 8. The number of benzene rings is 1. The molecule has 0 radical (unpaired) electrons. The van der Waals surface area contributed by atoms with Gasteiger partial charge in [0.15, 0.2) is 0 Å². The Balaban J connectivity index is 1.60. The number of nitrogens with one attached hydrogen (secondary N) is 3. The van der Waals surface area contributed by atoms with Crippen LogP contribution in [0.1, 0.15) is 18.5 Å². The van der Waals surface area contributed by atoms with Crippen molar-refractivity contribution in [3.05, 3.63) is 60.3 Å². The SMILES string of the molecule is C[C@H](Nc1nc(Nc2cnccn2)cc(N2CCNCC2)n1)c1ccc(F)cc1. The molecule has 29 heavy (non-hydrogen) atoms. The highest BCUT2D eigenvalue weighted by atomic mass is 19.1. The van der Waals surface area contributed by atoms with Gasteiger partial charge in [0.1, 0.15) is 23.3 Å². The molecule has 0 spiro atoms. The first-order chi connectivity index (χ1) is 14.2. The van der Waals surface area contributed by atoms with Gasteiger partial charge in [0.25, 0.3) is 0 Å². The highest BCUT2D eigenvalue weighted by molar-refractivity contribution is 5.59. The number of hydrogen-bond donors (Lipinski definition) is 3. The van der Waals surface area contributed by atoms with E-state index in [1.807, 2.05) is 13.0 Å². The van der Waals surface area contributed by atoms with Crippen LogP contribution in [0.2, 0.25) is 0 Å².